The number of aromatic nitrogens is 5. The van der Waals surface area contributed by atoms with Crippen molar-refractivity contribution in [2.45, 2.75) is 63.5 Å². The Kier molecular flexibility index (Phi) is 4.14. The Hall–Kier alpha value is -2.70. The highest BCUT2D eigenvalue weighted by Gasteiger charge is 2.27. The Labute approximate surface area is 157 Å². The minimum absolute atomic E-state index is 0.0786. The maximum absolute atomic E-state index is 12.8. The van der Waals surface area contributed by atoms with Crippen LogP contribution in [-0.2, 0) is 11.3 Å². The van der Waals surface area contributed by atoms with Gasteiger partial charge in [-0.3, -0.25) is 14.7 Å². The van der Waals surface area contributed by atoms with Crippen molar-refractivity contribution in [2.75, 3.05) is 5.32 Å². The zero-order valence-corrected chi connectivity index (χ0v) is 15.3. The van der Waals surface area contributed by atoms with Crippen molar-refractivity contribution in [2.24, 2.45) is 0 Å². The number of imidazole rings is 1. The largest absolute Gasteiger partial charge is 0.318 e. The first-order valence-corrected chi connectivity index (χ1v) is 9.94. The molecule has 0 atom stereocenters. The molecule has 140 valence electrons. The molecule has 2 aliphatic rings. The predicted octanol–water partition coefficient (Wildman–Crippen LogP) is 3.65. The molecule has 7 nitrogen and oxygen atoms in total. The second-order valence-corrected chi connectivity index (χ2v) is 7.72. The van der Waals surface area contributed by atoms with Gasteiger partial charge in [0.2, 0.25) is 11.9 Å². The number of rotatable bonds is 5. The number of nitrogens with one attached hydrogen (secondary N) is 1. The van der Waals surface area contributed by atoms with E-state index in [1.54, 1.807) is 6.33 Å². The van der Waals surface area contributed by atoms with E-state index in [2.05, 4.69) is 26.1 Å². The van der Waals surface area contributed by atoms with Gasteiger partial charge in [-0.15, -0.1) is 10.2 Å². The summed E-state index contributed by atoms with van der Waals surface area (Å²) in [6.45, 7) is 0.254. The highest BCUT2D eigenvalue weighted by molar-refractivity contribution is 5.90. The molecule has 1 aromatic carbocycles. The van der Waals surface area contributed by atoms with E-state index < -0.39 is 0 Å². The van der Waals surface area contributed by atoms with Crippen molar-refractivity contribution in [1.29, 1.82) is 0 Å². The summed E-state index contributed by atoms with van der Waals surface area (Å²) in [5.74, 6) is 1.96. The van der Waals surface area contributed by atoms with Crippen LogP contribution in [0.2, 0.25) is 0 Å². The monoisotopic (exact) mass is 364 g/mol. The molecule has 0 aliphatic heterocycles. The number of para-hydroxylation sites is 2. The van der Waals surface area contributed by atoms with E-state index in [1.165, 1.54) is 19.3 Å². The molecule has 0 radical (unpaired) electrons. The van der Waals surface area contributed by atoms with Crippen LogP contribution >= 0.6 is 0 Å². The third-order valence-electron chi connectivity index (χ3n) is 5.72. The molecule has 5 rings (SSSR count). The number of nitrogens with zero attached hydrogens (tertiary/aromatic N) is 5. The smallest absolute Gasteiger partial charge is 0.246 e. The molecule has 0 bridgehead atoms. The molecule has 0 saturated heterocycles. The number of carbonyl (C=O) groups is 1. The van der Waals surface area contributed by atoms with Crippen molar-refractivity contribution >= 4 is 22.9 Å². The lowest BCUT2D eigenvalue weighted by atomic mass is 9.88. The third-order valence-corrected chi connectivity index (χ3v) is 5.72. The summed E-state index contributed by atoms with van der Waals surface area (Å²) < 4.78 is 4.06. The molecule has 0 unspecified atom stereocenters. The van der Waals surface area contributed by atoms with Crippen LogP contribution in [-0.4, -0.2) is 30.2 Å². The second-order valence-electron chi connectivity index (χ2n) is 7.72. The van der Waals surface area contributed by atoms with Crippen LogP contribution in [0, 0.1) is 0 Å². The SMILES string of the molecule is O=C(Cn1c(C2CCCCC2)nc2ccccc21)Nc1nncn1C1CC1. The van der Waals surface area contributed by atoms with E-state index in [4.69, 9.17) is 4.98 Å². The van der Waals surface area contributed by atoms with Crippen molar-refractivity contribution in [3.8, 4) is 0 Å². The van der Waals surface area contributed by atoms with Gasteiger partial charge in [-0.25, -0.2) is 4.98 Å². The molecule has 2 aliphatic carbocycles. The summed E-state index contributed by atoms with van der Waals surface area (Å²) in [7, 11) is 0. The number of hydrogen-bond donors (Lipinski definition) is 1. The van der Waals surface area contributed by atoms with E-state index in [0.29, 0.717) is 17.9 Å². The van der Waals surface area contributed by atoms with Crippen molar-refractivity contribution in [3.63, 3.8) is 0 Å². The fraction of sp³-hybridized carbons (Fsp3) is 0.500. The van der Waals surface area contributed by atoms with Crippen LogP contribution in [0.5, 0.6) is 0 Å². The molecule has 7 heteroatoms. The number of amides is 1. The summed E-state index contributed by atoms with van der Waals surface area (Å²) in [6.07, 6.45) is 10.0. The maximum atomic E-state index is 12.8. The predicted molar refractivity (Wildman–Crippen MR) is 102 cm³/mol. The second kappa shape index (κ2) is 6.79. The molecule has 1 amide bonds. The lowest BCUT2D eigenvalue weighted by Crippen LogP contribution is -2.23. The van der Waals surface area contributed by atoms with Crippen LogP contribution in [0.3, 0.4) is 0 Å². The number of fused-ring (bicyclic) bond motifs is 1. The molecule has 0 spiro atoms. The standard InChI is InChI=1S/C20H24N6O/c27-18(23-20-24-21-13-26(20)15-10-11-15)12-25-17-9-5-4-8-16(17)22-19(25)14-6-2-1-3-7-14/h4-5,8-9,13-15H,1-3,6-7,10-12H2,(H,23,24,27). The summed E-state index contributed by atoms with van der Waals surface area (Å²) >= 11 is 0. The van der Waals surface area contributed by atoms with E-state index in [-0.39, 0.29) is 12.5 Å². The lowest BCUT2D eigenvalue weighted by Gasteiger charge is -2.22. The van der Waals surface area contributed by atoms with E-state index >= 15 is 0 Å². The summed E-state index contributed by atoms with van der Waals surface area (Å²) in [6, 6.07) is 8.52. The Morgan fingerprint density at radius 1 is 1.11 bits per heavy atom. The number of benzene rings is 1. The number of anilines is 1. The fourth-order valence-electron chi connectivity index (χ4n) is 4.19. The Balaban J connectivity index is 1.42. The molecule has 2 aromatic heterocycles. The van der Waals surface area contributed by atoms with Gasteiger partial charge in [-0.2, -0.15) is 0 Å². The lowest BCUT2D eigenvalue weighted by molar-refractivity contribution is -0.116. The molecular formula is C20H24N6O. The van der Waals surface area contributed by atoms with Gasteiger partial charge in [0.05, 0.1) is 11.0 Å². The van der Waals surface area contributed by atoms with E-state index in [1.807, 2.05) is 22.8 Å². The Morgan fingerprint density at radius 3 is 2.74 bits per heavy atom. The fourth-order valence-corrected chi connectivity index (χ4v) is 4.19. The number of carbonyl (C=O) groups excluding carboxylic acids is 1. The normalized spacial score (nSPS) is 18.1. The average Bonchev–Trinajstić information content (AvgIpc) is 3.34. The summed E-state index contributed by atoms with van der Waals surface area (Å²) in [4.78, 5) is 17.7. The van der Waals surface area contributed by atoms with Crippen LogP contribution in [0.25, 0.3) is 11.0 Å². The average molecular weight is 364 g/mol. The van der Waals surface area contributed by atoms with Crippen molar-refractivity contribution in [3.05, 3.63) is 36.4 Å². The van der Waals surface area contributed by atoms with Crippen molar-refractivity contribution < 1.29 is 4.79 Å². The Morgan fingerprint density at radius 2 is 1.93 bits per heavy atom. The zero-order valence-electron chi connectivity index (χ0n) is 15.3. The van der Waals surface area contributed by atoms with Crippen molar-refractivity contribution in [1.82, 2.24) is 24.3 Å². The highest BCUT2D eigenvalue weighted by Crippen LogP contribution is 2.36. The minimum Gasteiger partial charge on any atom is -0.318 e. The number of hydrogen-bond acceptors (Lipinski definition) is 4. The molecule has 1 N–H and O–H groups in total. The van der Waals surface area contributed by atoms with Crippen LogP contribution in [0.4, 0.5) is 5.95 Å². The maximum Gasteiger partial charge on any atom is 0.246 e. The molecule has 2 saturated carbocycles. The molecule has 2 fully saturated rings. The first kappa shape index (κ1) is 16.5. The molecule has 27 heavy (non-hydrogen) atoms. The zero-order chi connectivity index (χ0) is 18.2. The van der Waals surface area contributed by atoms with Gasteiger partial charge in [-0.05, 0) is 37.8 Å². The van der Waals surface area contributed by atoms with Gasteiger partial charge in [0.15, 0.2) is 0 Å². The molecule has 2 heterocycles. The van der Waals surface area contributed by atoms with Crippen LogP contribution in [0.15, 0.2) is 30.6 Å². The third kappa shape index (κ3) is 3.22. The Bertz CT molecular complexity index is 964. The van der Waals surface area contributed by atoms with Gasteiger partial charge in [0, 0.05) is 12.0 Å². The van der Waals surface area contributed by atoms with Crippen LogP contribution in [0.1, 0.15) is 62.7 Å². The topological polar surface area (TPSA) is 77.6 Å². The first-order valence-electron chi connectivity index (χ1n) is 9.94. The van der Waals surface area contributed by atoms with Gasteiger partial charge in [0.1, 0.15) is 18.7 Å². The van der Waals surface area contributed by atoms with Gasteiger partial charge < -0.3 is 4.57 Å². The highest BCUT2D eigenvalue weighted by atomic mass is 16.2. The first-order chi connectivity index (χ1) is 13.3. The van der Waals surface area contributed by atoms with Crippen LogP contribution < -0.4 is 5.32 Å². The molecular weight excluding hydrogens is 340 g/mol. The van der Waals surface area contributed by atoms with Gasteiger partial charge >= 0.3 is 0 Å². The quantitative estimate of drug-likeness (QED) is 0.750. The molecule has 3 aromatic rings. The van der Waals surface area contributed by atoms with Gasteiger partial charge in [0.25, 0.3) is 0 Å². The minimum atomic E-state index is -0.0786. The summed E-state index contributed by atoms with van der Waals surface area (Å²) in [5.41, 5.74) is 1.99. The van der Waals surface area contributed by atoms with Gasteiger partial charge in [-0.1, -0.05) is 31.4 Å². The summed E-state index contributed by atoms with van der Waals surface area (Å²) in [5, 5.41) is 11.0. The van der Waals surface area contributed by atoms with E-state index in [9.17, 15) is 4.79 Å². The van der Waals surface area contributed by atoms with E-state index in [0.717, 1.165) is 42.5 Å².